The molecule has 4 amide bonds. The summed E-state index contributed by atoms with van der Waals surface area (Å²) >= 11 is 8.25. The van der Waals surface area contributed by atoms with Crippen LogP contribution in [0, 0.1) is 10.5 Å². The number of aryl methyl sites for hydroxylation is 1. The molecular formula is C20H16ClIN2O4. The second-order valence-electron chi connectivity index (χ2n) is 6.04. The highest BCUT2D eigenvalue weighted by Crippen LogP contribution is 2.27. The number of hydrogen-bond acceptors (Lipinski definition) is 4. The number of nitrogens with one attached hydrogen (secondary N) is 1. The third-order valence-corrected chi connectivity index (χ3v) is 5.06. The van der Waals surface area contributed by atoms with Gasteiger partial charge in [-0.25, -0.2) is 9.69 Å². The molecule has 1 heterocycles. The Kier molecular flexibility index (Phi) is 6.04. The fraction of sp³-hybridized carbons (Fsp3) is 0.150. The van der Waals surface area contributed by atoms with Crippen LogP contribution in [0.1, 0.15) is 18.1 Å². The molecule has 1 aliphatic heterocycles. The van der Waals surface area contributed by atoms with Gasteiger partial charge >= 0.3 is 6.03 Å². The zero-order valence-electron chi connectivity index (χ0n) is 15.1. The van der Waals surface area contributed by atoms with Crippen LogP contribution in [0.4, 0.5) is 10.5 Å². The van der Waals surface area contributed by atoms with Gasteiger partial charge in [0.1, 0.15) is 11.3 Å². The first kappa shape index (κ1) is 20.3. The lowest BCUT2D eigenvalue weighted by Gasteiger charge is -2.26. The van der Waals surface area contributed by atoms with Crippen LogP contribution in [-0.4, -0.2) is 24.5 Å². The number of benzene rings is 2. The molecule has 8 heteroatoms. The summed E-state index contributed by atoms with van der Waals surface area (Å²) in [5.41, 5.74) is 1.56. The Morgan fingerprint density at radius 2 is 1.93 bits per heavy atom. The smallest absolute Gasteiger partial charge is 0.335 e. The van der Waals surface area contributed by atoms with Gasteiger partial charge in [0, 0.05) is 8.59 Å². The van der Waals surface area contributed by atoms with E-state index in [0.717, 1.165) is 14.0 Å². The van der Waals surface area contributed by atoms with Gasteiger partial charge in [0.25, 0.3) is 11.8 Å². The van der Waals surface area contributed by atoms with Crippen molar-refractivity contribution >= 4 is 63.8 Å². The fourth-order valence-electron chi connectivity index (χ4n) is 2.70. The molecule has 0 bridgehead atoms. The van der Waals surface area contributed by atoms with Crippen LogP contribution in [0.2, 0.25) is 5.02 Å². The number of anilines is 1. The Balaban J connectivity index is 2.02. The molecule has 0 unspecified atom stereocenters. The van der Waals surface area contributed by atoms with Gasteiger partial charge in [-0.1, -0.05) is 17.7 Å². The highest BCUT2D eigenvalue weighted by molar-refractivity contribution is 14.1. The van der Waals surface area contributed by atoms with Crippen molar-refractivity contribution in [1.82, 2.24) is 5.32 Å². The summed E-state index contributed by atoms with van der Waals surface area (Å²) in [4.78, 5) is 38.4. The number of amides is 4. The molecule has 1 aliphatic rings. The zero-order valence-corrected chi connectivity index (χ0v) is 18.0. The first-order valence-corrected chi connectivity index (χ1v) is 9.87. The van der Waals surface area contributed by atoms with Gasteiger partial charge in [0.05, 0.1) is 12.3 Å². The average molecular weight is 511 g/mol. The van der Waals surface area contributed by atoms with Gasteiger partial charge in [-0.2, -0.15) is 0 Å². The first-order valence-electron chi connectivity index (χ1n) is 8.41. The highest BCUT2D eigenvalue weighted by atomic mass is 127. The molecule has 0 aliphatic carbocycles. The highest BCUT2D eigenvalue weighted by Gasteiger charge is 2.37. The monoisotopic (exact) mass is 510 g/mol. The van der Waals surface area contributed by atoms with Crippen molar-refractivity contribution in [3.8, 4) is 5.75 Å². The van der Waals surface area contributed by atoms with E-state index in [2.05, 4.69) is 27.9 Å². The topological polar surface area (TPSA) is 75.7 Å². The van der Waals surface area contributed by atoms with Gasteiger partial charge in [0.15, 0.2) is 0 Å². The van der Waals surface area contributed by atoms with Crippen LogP contribution in [-0.2, 0) is 9.59 Å². The summed E-state index contributed by atoms with van der Waals surface area (Å²) in [7, 11) is 0. The molecule has 2 aromatic rings. The van der Waals surface area contributed by atoms with Crippen LogP contribution >= 0.6 is 34.2 Å². The van der Waals surface area contributed by atoms with Crippen molar-refractivity contribution in [3.63, 3.8) is 0 Å². The van der Waals surface area contributed by atoms with Crippen LogP contribution < -0.4 is 15.0 Å². The normalized spacial score (nSPS) is 15.8. The van der Waals surface area contributed by atoms with E-state index in [1.807, 2.05) is 19.9 Å². The summed E-state index contributed by atoms with van der Waals surface area (Å²) in [6.45, 7) is 4.17. The van der Waals surface area contributed by atoms with E-state index in [4.69, 9.17) is 16.3 Å². The number of rotatable bonds is 4. The molecule has 0 saturated carbocycles. The molecule has 28 heavy (non-hydrogen) atoms. The van der Waals surface area contributed by atoms with Crippen LogP contribution in [0.15, 0.2) is 42.0 Å². The first-order chi connectivity index (χ1) is 13.3. The number of imide groups is 2. The van der Waals surface area contributed by atoms with E-state index in [1.165, 1.54) is 12.1 Å². The molecule has 1 N–H and O–H groups in total. The lowest BCUT2D eigenvalue weighted by Crippen LogP contribution is -2.54. The Labute approximate surface area is 180 Å². The van der Waals surface area contributed by atoms with Gasteiger partial charge in [0.2, 0.25) is 0 Å². The Morgan fingerprint density at radius 3 is 2.61 bits per heavy atom. The molecular weight excluding hydrogens is 495 g/mol. The molecule has 0 spiro atoms. The number of barbiturate groups is 1. The SMILES string of the molecule is CCOc1cc(I)cc(/C=C2\C(=O)NC(=O)N(c3ccc(C)c(Cl)c3)C2=O)c1. The lowest BCUT2D eigenvalue weighted by atomic mass is 10.1. The van der Waals surface area contributed by atoms with Crippen LogP contribution in [0.5, 0.6) is 5.75 Å². The van der Waals surface area contributed by atoms with E-state index >= 15 is 0 Å². The number of carbonyl (C=O) groups is 3. The van der Waals surface area contributed by atoms with Crippen LogP contribution in [0.25, 0.3) is 6.08 Å². The molecule has 0 radical (unpaired) electrons. The van der Waals surface area contributed by atoms with Crippen molar-refractivity contribution < 1.29 is 19.1 Å². The minimum atomic E-state index is -0.815. The van der Waals surface area contributed by atoms with Crippen molar-refractivity contribution in [2.24, 2.45) is 0 Å². The molecule has 1 fully saturated rings. The van der Waals surface area contributed by atoms with E-state index in [-0.39, 0.29) is 11.3 Å². The third-order valence-electron chi connectivity index (χ3n) is 4.03. The van der Waals surface area contributed by atoms with Gasteiger partial charge in [-0.3, -0.25) is 14.9 Å². The maximum atomic E-state index is 12.9. The number of nitrogens with zero attached hydrogens (tertiary/aromatic N) is 1. The standard InChI is InChI=1S/C20H16ClIN2O4/c1-3-28-15-7-12(6-13(22)9-15)8-16-18(25)23-20(27)24(19(16)26)14-5-4-11(2)17(21)10-14/h4-10H,3H2,1-2H3,(H,23,25,27)/b16-8+. The number of halogens is 2. The number of ether oxygens (including phenoxy) is 1. The second kappa shape index (κ2) is 8.32. The molecule has 0 aromatic heterocycles. The summed E-state index contributed by atoms with van der Waals surface area (Å²) in [5.74, 6) is -0.838. The summed E-state index contributed by atoms with van der Waals surface area (Å²) < 4.78 is 6.39. The van der Waals surface area contributed by atoms with Crippen LogP contribution in [0.3, 0.4) is 0 Å². The van der Waals surface area contributed by atoms with Gasteiger partial charge in [-0.15, -0.1) is 0 Å². The maximum Gasteiger partial charge on any atom is 0.335 e. The Morgan fingerprint density at radius 1 is 1.18 bits per heavy atom. The number of urea groups is 1. The van der Waals surface area contributed by atoms with E-state index in [0.29, 0.717) is 22.9 Å². The molecule has 6 nitrogen and oxygen atoms in total. The molecule has 2 aromatic carbocycles. The van der Waals surface area contributed by atoms with Crippen molar-refractivity contribution in [2.75, 3.05) is 11.5 Å². The van der Waals surface area contributed by atoms with Gasteiger partial charge in [-0.05, 0) is 84.0 Å². The summed E-state index contributed by atoms with van der Waals surface area (Å²) in [6, 6.07) is 9.38. The predicted octanol–water partition coefficient (Wildman–Crippen LogP) is 4.32. The summed E-state index contributed by atoms with van der Waals surface area (Å²) in [5, 5.41) is 2.62. The molecule has 3 rings (SSSR count). The Bertz CT molecular complexity index is 1020. The quantitative estimate of drug-likeness (QED) is 0.378. The number of hydrogen-bond donors (Lipinski definition) is 1. The second-order valence-corrected chi connectivity index (χ2v) is 7.70. The number of carbonyl (C=O) groups excluding carboxylic acids is 3. The molecule has 1 saturated heterocycles. The predicted molar refractivity (Wildman–Crippen MR) is 116 cm³/mol. The largest absolute Gasteiger partial charge is 0.494 e. The summed E-state index contributed by atoms with van der Waals surface area (Å²) in [6.07, 6.45) is 1.44. The van der Waals surface area contributed by atoms with Crippen molar-refractivity contribution in [1.29, 1.82) is 0 Å². The van der Waals surface area contributed by atoms with E-state index < -0.39 is 17.8 Å². The van der Waals surface area contributed by atoms with E-state index in [1.54, 1.807) is 24.3 Å². The maximum absolute atomic E-state index is 12.9. The molecule has 0 atom stereocenters. The fourth-order valence-corrected chi connectivity index (χ4v) is 3.54. The minimum absolute atomic E-state index is 0.152. The minimum Gasteiger partial charge on any atom is -0.494 e. The Hall–Kier alpha value is -2.39. The lowest BCUT2D eigenvalue weighted by molar-refractivity contribution is -0.122. The zero-order chi connectivity index (χ0) is 20.4. The van der Waals surface area contributed by atoms with E-state index in [9.17, 15) is 14.4 Å². The average Bonchev–Trinajstić information content (AvgIpc) is 2.61. The molecule has 144 valence electrons. The van der Waals surface area contributed by atoms with Crippen molar-refractivity contribution in [3.05, 3.63) is 61.7 Å². The van der Waals surface area contributed by atoms with Crippen molar-refractivity contribution in [2.45, 2.75) is 13.8 Å². The third kappa shape index (κ3) is 4.20. The van der Waals surface area contributed by atoms with Gasteiger partial charge < -0.3 is 4.74 Å².